The number of hydrogen-bond acceptors (Lipinski definition) is 4. The molecule has 2 N–H and O–H groups in total. The summed E-state index contributed by atoms with van der Waals surface area (Å²) in [6, 6.07) is 0.505. The van der Waals surface area contributed by atoms with Crippen molar-refractivity contribution in [2.24, 2.45) is 0 Å². The topological polar surface area (TPSA) is 82.6 Å². The van der Waals surface area contributed by atoms with E-state index in [0.717, 1.165) is 25.9 Å². The molecule has 1 aliphatic heterocycles. The molecule has 2 aliphatic rings. The van der Waals surface area contributed by atoms with Gasteiger partial charge in [-0.05, 0) is 32.1 Å². The third kappa shape index (κ3) is 2.42. The molecule has 0 saturated carbocycles. The molecule has 0 amide bonds. The quantitative estimate of drug-likeness (QED) is 0.867. The summed E-state index contributed by atoms with van der Waals surface area (Å²) in [7, 11) is 0. The van der Waals surface area contributed by atoms with Gasteiger partial charge in [0.1, 0.15) is 5.82 Å². The van der Waals surface area contributed by atoms with Gasteiger partial charge in [0, 0.05) is 24.8 Å². The third-order valence-electron chi connectivity index (χ3n) is 4.62. The fourth-order valence-electron chi connectivity index (χ4n) is 3.58. The average molecular weight is 288 g/mol. The van der Waals surface area contributed by atoms with Crippen LogP contribution in [0.5, 0.6) is 0 Å². The van der Waals surface area contributed by atoms with Crippen LogP contribution in [0.4, 0.5) is 0 Å². The summed E-state index contributed by atoms with van der Waals surface area (Å²) in [5.41, 5.74) is 2.52. The van der Waals surface area contributed by atoms with E-state index in [1.807, 2.05) is 6.33 Å². The predicted octanol–water partition coefficient (Wildman–Crippen LogP) is 0.620. The van der Waals surface area contributed by atoms with Crippen molar-refractivity contribution in [3.8, 4) is 0 Å². The number of rotatable bonds is 3. The van der Waals surface area contributed by atoms with Crippen LogP contribution in [0.3, 0.4) is 0 Å². The van der Waals surface area contributed by atoms with Gasteiger partial charge in [-0.25, -0.2) is 14.9 Å². The molecule has 2 aromatic rings. The van der Waals surface area contributed by atoms with E-state index in [-0.39, 0.29) is 5.69 Å². The minimum atomic E-state index is -0.232. The molecule has 2 aromatic heterocycles. The summed E-state index contributed by atoms with van der Waals surface area (Å²) < 4.78 is 2.39. The van der Waals surface area contributed by atoms with Crippen LogP contribution >= 0.6 is 0 Å². The zero-order valence-electron chi connectivity index (χ0n) is 12.0. The molecule has 0 aromatic carbocycles. The van der Waals surface area contributed by atoms with Gasteiger partial charge in [0.25, 0.3) is 0 Å². The summed E-state index contributed by atoms with van der Waals surface area (Å²) in [5.74, 6) is 0.716. The Morgan fingerprint density at radius 1 is 1.33 bits per heavy atom. The van der Waals surface area contributed by atoms with Crippen LogP contribution in [0.15, 0.2) is 11.1 Å². The molecule has 0 bridgehead atoms. The van der Waals surface area contributed by atoms with Crippen LogP contribution in [0, 0.1) is 0 Å². The summed E-state index contributed by atoms with van der Waals surface area (Å²) in [5, 5.41) is 6.40. The van der Waals surface area contributed by atoms with Gasteiger partial charge in [-0.15, -0.1) is 0 Å². The SMILES string of the molecule is O=c1[nH]nc(CN2CC[C@H](n3cnc4c3CCCC4)C2)[nH]1. The van der Waals surface area contributed by atoms with E-state index in [9.17, 15) is 4.79 Å². The van der Waals surface area contributed by atoms with Crippen molar-refractivity contribution in [2.75, 3.05) is 13.1 Å². The largest absolute Gasteiger partial charge is 0.340 e. The number of fused-ring (bicyclic) bond motifs is 1. The van der Waals surface area contributed by atoms with Gasteiger partial charge >= 0.3 is 5.69 Å². The van der Waals surface area contributed by atoms with E-state index < -0.39 is 0 Å². The number of imidazole rings is 1. The molecular weight excluding hydrogens is 268 g/mol. The number of hydrogen-bond donors (Lipinski definition) is 2. The maximum atomic E-state index is 11.1. The fraction of sp³-hybridized carbons (Fsp3) is 0.643. The van der Waals surface area contributed by atoms with Crippen molar-refractivity contribution < 1.29 is 0 Å². The molecule has 0 radical (unpaired) electrons. The van der Waals surface area contributed by atoms with E-state index in [2.05, 4.69) is 29.6 Å². The lowest BCUT2D eigenvalue weighted by molar-refractivity contribution is 0.307. The second kappa shape index (κ2) is 5.14. The maximum Gasteiger partial charge on any atom is 0.340 e. The Balaban J connectivity index is 1.46. The molecule has 3 heterocycles. The Labute approximate surface area is 122 Å². The van der Waals surface area contributed by atoms with Crippen LogP contribution in [0.25, 0.3) is 0 Å². The number of aryl methyl sites for hydroxylation is 1. The normalized spacial score (nSPS) is 22.6. The molecule has 1 fully saturated rings. The highest BCUT2D eigenvalue weighted by atomic mass is 16.1. The lowest BCUT2D eigenvalue weighted by Crippen LogP contribution is -2.23. The molecule has 1 saturated heterocycles. The second-order valence-corrected chi connectivity index (χ2v) is 6.05. The van der Waals surface area contributed by atoms with Crippen molar-refractivity contribution in [2.45, 2.75) is 44.7 Å². The van der Waals surface area contributed by atoms with Crippen LogP contribution in [0.2, 0.25) is 0 Å². The Kier molecular flexibility index (Phi) is 3.14. The molecule has 7 nitrogen and oxygen atoms in total. The van der Waals surface area contributed by atoms with Crippen LogP contribution in [-0.4, -0.2) is 42.7 Å². The monoisotopic (exact) mass is 288 g/mol. The number of likely N-dealkylation sites (tertiary alicyclic amines) is 1. The summed E-state index contributed by atoms with van der Waals surface area (Å²) in [6.45, 7) is 2.73. The van der Waals surface area contributed by atoms with E-state index in [0.29, 0.717) is 18.4 Å². The maximum absolute atomic E-state index is 11.1. The standard InChI is InChI=1S/C14H20N6O/c21-14-16-13(17-18-14)8-19-6-5-10(7-19)20-9-15-11-3-1-2-4-12(11)20/h9-10H,1-8H2,(H2,16,17,18,21)/t10-/m0/s1. The zero-order valence-corrected chi connectivity index (χ0v) is 12.0. The zero-order chi connectivity index (χ0) is 14.2. The molecule has 112 valence electrons. The Hall–Kier alpha value is -1.89. The van der Waals surface area contributed by atoms with Crippen molar-refractivity contribution in [3.63, 3.8) is 0 Å². The van der Waals surface area contributed by atoms with E-state index >= 15 is 0 Å². The second-order valence-electron chi connectivity index (χ2n) is 6.05. The van der Waals surface area contributed by atoms with Crippen LogP contribution in [0.1, 0.15) is 42.5 Å². The van der Waals surface area contributed by atoms with Crippen molar-refractivity contribution in [1.82, 2.24) is 29.6 Å². The number of aromatic amines is 2. The van der Waals surface area contributed by atoms with E-state index in [4.69, 9.17) is 0 Å². The van der Waals surface area contributed by atoms with Gasteiger partial charge in [0.2, 0.25) is 0 Å². The van der Waals surface area contributed by atoms with E-state index in [1.165, 1.54) is 30.7 Å². The van der Waals surface area contributed by atoms with Gasteiger partial charge < -0.3 is 4.57 Å². The smallest absolute Gasteiger partial charge is 0.330 e. The van der Waals surface area contributed by atoms with Crippen LogP contribution in [-0.2, 0) is 19.4 Å². The first-order valence-corrected chi connectivity index (χ1v) is 7.70. The minimum absolute atomic E-state index is 0.232. The molecule has 1 aliphatic carbocycles. The van der Waals surface area contributed by atoms with Gasteiger partial charge in [0.05, 0.1) is 18.6 Å². The number of H-pyrrole nitrogens is 2. The Bertz CT molecular complexity index is 684. The molecule has 0 spiro atoms. The first-order valence-electron chi connectivity index (χ1n) is 7.70. The summed E-state index contributed by atoms with van der Waals surface area (Å²) in [4.78, 5) is 20.7. The summed E-state index contributed by atoms with van der Waals surface area (Å²) in [6.07, 6.45) is 8.01. The molecular formula is C14H20N6O. The number of nitrogens with one attached hydrogen (secondary N) is 2. The number of aromatic nitrogens is 5. The molecule has 0 unspecified atom stereocenters. The lowest BCUT2D eigenvalue weighted by Gasteiger charge is -2.19. The Morgan fingerprint density at radius 3 is 3.10 bits per heavy atom. The molecule has 21 heavy (non-hydrogen) atoms. The highest BCUT2D eigenvalue weighted by Gasteiger charge is 2.27. The van der Waals surface area contributed by atoms with Gasteiger partial charge in [0.15, 0.2) is 0 Å². The minimum Gasteiger partial charge on any atom is -0.330 e. The first kappa shape index (κ1) is 12.8. The van der Waals surface area contributed by atoms with E-state index in [1.54, 1.807) is 0 Å². The highest BCUT2D eigenvalue weighted by molar-refractivity contribution is 5.17. The van der Waals surface area contributed by atoms with Gasteiger partial charge in [-0.2, -0.15) is 5.10 Å². The van der Waals surface area contributed by atoms with Crippen molar-refractivity contribution in [3.05, 3.63) is 34.0 Å². The van der Waals surface area contributed by atoms with Crippen LogP contribution < -0.4 is 5.69 Å². The molecule has 7 heteroatoms. The number of nitrogens with zero attached hydrogens (tertiary/aromatic N) is 4. The third-order valence-corrected chi connectivity index (χ3v) is 4.62. The summed E-state index contributed by atoms with van der Waals surface area (Å²) >= 11 is 0. The van der Waals surface area contributed by atoms with Gasteiger partial charge in [-0.1, -0.05) is 0 Å². The van der Waals surface area contributed by atoms with Gasteiger partial charge in [-0.3, -0.25) is 9.88 Å². The van der Waals surface area contributed by atoms with Crippen molar-refractivity contribution >= 4 is 0 Å². The highest BCUT2D eigenvalue weighted by Crippen LogP contribution is 2.28. The average Bonchev–Trinajstić information content (AvgIpc) is 3.19. The predicted molar refractivity (Wildman–Crippen MR) is 77.0 cm³/mol. The molecule has 1 atom stereocenters. The fourth-order valence-corrected chi connectivity index (χ4v) is 3.58. The lowest BCUT2D eigenvalue weighted by atomic mass is 10.0. The van der Waals surface area contributed by atoms with Crippen molar-refractivity contribution in [1.29, 1.82) is 0 Å². The Morgan fingerprint density at radius 2 is 2.24 bits per heavy atom. The molecule has 4 rings (SSSR count). The first-order chi connectivity index (χ1) is 10.3.